The first-order valence-corrected chi connectivity index (χ1v) is 9.07. The Kier molecular flexibility index (Phi) is 10.8. The number of rotatable bonds is 6. The molecule has 0 spiro atoms. The first-order chi connectivity index (χ1) is 13.7. The summed E-state index contributed by atoms with van der Waals surface area (Å²) in [5, 5.41) is 23.2. The molecule has 0 radical (unpaired) electrons. The number of methoxy groups -OCH3 is 1. The highest BCUT2D eigenvalue weighted by Gasteiger charge is 2.17. The van der Waals surface area contributed by atoms with Gasteiger partial charge in [0.25, 0.3) is 0 Å². The van der Waals surface area contributed by atoms with Crippen LogP contribution < -0.4 is 5.32 Å². The smallest absolute Gasteiger partial charge is 0.311 e. The second-order valence-corrected chi connectivity index (χ2v) is 5.36. The second kappa shape index (κ2) is 13.2. The van der Waals surface area contributed by atoms with Crippen LogP contribution in [0.5, 0.6) is 0 Å². The van der Waals surface area contributed by atoms with Crippen molar-refractivity contribution in [3.05, 3.63) is 76.5 Å². The number of pyridine rings is 1. The number of fused-ring (bicyclic) bond motifs is 1. The van der Waals surface area contributed by atoms with Gasteiger partial charge in [-0.2, -0.15) is 0 Å². The van der Waals surface area contributed by atoms with E-state index >= 15 is 0 Å². The molecule has 0 aliphatic carbocycles. The maximum atomic E-state index is 10.9. The van der Waals surface area contributed by atoms with Crippen LogP contribution in [0.1, 0.15) is 19.4 Å². The van der Waals surface area contributed by atoms with E-state index in [-0.39, 0.29) is 18.8 Å². The van der Waals surface area contributed by atoms with Crippen LogP contribution >= 0.6 is 0 Å². The molecular weight excluding hydrogens is 358 g/mol. The van der Waals surface area contributed by atoms with Gasteiger partial charge in [0.1, 0.15) is 11.9 Å². The molecule has 0 atom stereocenters. The normalized spacial score (nSPS) is 9.57. The van der Waals surface area contributed by atoms with Gasteiger partial charge in [0.2, 0.25) is 0 Å². The molecule has 0 fully saturated rings. The Balaban J connectivity index is 0.000000301. The molecule has 0 bridgehead atoms. The van der Waals surface area contributed by atoms with Gasteiger partial charge < -0.3 is 15.2 Å². The number of aromatic nitrogens is 1. The van der Waals surface area contributed by atoms with E-state index in [0.29, 0.717) is 23.2 Å². The SMILES string of the molecule is CC.COCc1ccccc1.O=[N+]([O-])c1cnc2ccccc2c1NCCO. The van der Waals surface area contributed by atoms with E-state index in [1.54, 1.807) is 25.3 Å². The van der Waals surface area contributed by atoms with Crippen molar-refractivity contribution >= 4 is 22.3 Å². The first kappa shape index (κ1) is 23.0. The summed E-state index contributed by atoms with van der Waals surface area (Å²) in [5.41, 5.74) is 2.21. The predicted octanol–water partition coefficient (Wildman–Crippen LogP) is 4.41. The number of nitrogens with zero attached hydrogens (tertiary/aromatic N) is 2. The van der Waals surface area contributed by atoms with Crippen LogP contribution in [0.25, 0.3) is 10.9 Å². The molecule has 1 heterocycles. The Labute approximate surface area is 165 Å². The lowest BCUT2D eigenvalue weighted by molar-refractivity contribution is -0.384. The molecule has 0 unspecified atom stereocenters. The molecule has 7 nitrogen and oxygen atoms in total. The fourth-order valence-corrected chi connectivity index (χ4v) is 2.38. The molecule has 3 rings (SSSR count). The summed E-state index contributed by atoms with van der Waals surface area (Å²) in [4.78, 5) is 14.4. The monoisotopic (exact) mass is 385 g/mol. The van der Waals surface area contributed by atoms with Gasteiger partial charge >= 0.3 is 5.69 Å². The maximum Gasteiger partial charge on any atom is 0.311 e. The van der Waals surface area contributed by atoms with Gasteiger partial charge in [0.15, 0.2) is 0 Å². The third kappa shape index (κ3) is 6.94. The van der Waals surface area contributed by atoms with E-state index in [4.69, 9.17) is 9.84 Å². The van der Waals surface area contributed by atoms with Crippen LogP contribution in [-0.4, -0.2) is 35.3 Å². The number of para-hydroxylation sites is 1. The molecule has 2 aromatic carbocycles. The summed E-state index contributed by atoms with van der Waals surface area (Å²) in [6.07, 6.45) is 1.22. The highest BCUT2D eigenvalue weighted by atomic mass is 16.6. The standard InChI is InChI=1S/C11H11N3O3.C8H10O.C2H6/c15-6-5-12-11-8-3-1-2-4-9(8)13-7-10(11)14(16)17;1-9-7-8-5-3-2-4-6-8;1-2/h1-4,7,15H,5-6H2,(H,12,13);2-6H,7H2,1H3;1-2H3. The van der Waals surface area contributed by atoms with Crippen molar-refractivity contribution < 1.29 is 14.8 Å². The number of nitrogens with one attached hydrogen (secondary N) is 1. The zero-order chi connectivity index (χ0) is 20.8. The van der Waals surface area contributed by atoms with Crippen LogP contribution in [0.3, 0.4) is 0 Å². The van der Waals surface area contributed by atoms with E-state index in [0.717, 1.165) is 0 Å². The number of aliphatic hydroxyl groups is 1. The summed E-state index contributed by atoms with van der Waals surface area (Å²) in [6.45, 7) is 4.88. The van der Waals surface area contributed by atoms with Gasteiger partial charge in [0, 0.05) is 19.0 Å². The lowest BCUT2D eigenvalue weighted by atomic mass is 10.1. The molecule has 0 aliphatic heterocycles. The minimum atomic E-state index is -0.487. The van der Waals surface area contributed by atoms with E-state index in [1.807, 2.05) is 50.2 Å². The van der Waals surface area contributed by atoms with E-state index < -0.39 is 4.92 Å². The summed E-state index contributed by atoms with van der Waals surface area (Å²) >= 11 is 0. The molecule has 28 heavy (non-hydrogen) atoms. The molecule has 0 saturated heterocycles. The summed E-state index contributed by atoms with van der Waals surface area (Å²) in [5.74, 6) is 0. The van der Waals surface area contributed by atoms with Crippen LogP contribution in [0, 0.1) is 10.1 Å². The molecule has 2 N–H and O–H groups in total. The molecule has 7 heteroatoms. The van der Waals surface area contributed by atoms with Crippen molar-refractivity contribution in [3.8, 4) is 0 Å². The lowest BCUT2D eigenvalue weighted by Gasteiger charge is -2.08. The van der Waals surface area contributed by atoms with Crippen LogP contribution in [0.2, 0.25) is 0 Å². The van der Waals surface area contributed by atoms with Crippen LogP contribution in [0.15, 0.2) is 60.8 Å². The summed E-state index contributed by atoms with van der Waals surface area (Å²) in [7, 11) is 1.70. The number of nitro groups is 1. The van der Waals surface area contributed by atoms with Gasteiger partial charge in [0.05, 0.1) is 23.7 Å². The fourth-order valence-electron chi connectivity index (χ4n) is 2.38. The molecule has 3 aromatic rings. The van der Waals surface area contributed by atoms with Crippen molar-refractivity contribution in [1.82, 2.24) is 4.98 Å². The molecule has 0 saturated carbocycles. The summed E-state index contributed by atoms with van der Waals surface area (Å²) < 4.78 is 4.93. The van der Waals surface area contributed by atoms with Crippen molar-refractivity contribution in [3.63, 3.8) is 0 Å². The Morgan fingerprint density at radius 3 is 2.36 bits per heavy atom. The van der Waals surface area contributed by atoms with E-state index in [2.05, 4.69) is 10.3 Å². The number of ether oxygens (including phenoxy) is 1. The Hall–Kier alpha value is -3.03. The van der Waals surface area contributed by atoms with Crippen molar-refractivity contribution in [2.75, 3.05) is 25.6 Å². The largest absolute Gasteiger partial charge is 0.395 e. The minimum Gasteiger partial charge on any atom is -0.395 e. The topological polar surface area (TPSA) is 97.5 Å². The van der Waals surface area contributed by atoms with E-state index in [1.165, 1.54) is 11.8 Å². The zero-order valence-corrected chi connectivity index (χ0v) is 16.5. The molecule has 1 aromatic heterocycles. The Morgan fingerprint density at radius 1 is 1.11 bits per heavy atom. The zero-order valence-electron chi connectivity index (χ0n) is 16.5. The lowest BCUT2D eigenvalue weighted by Crippen LogP contribution is -2.08. The van der Waals surface area contributed by atoms with Gasteiger partial charge in [-0.15, -0.1) is 0 Å². The quantitative estimate of drug-likeness (QED) is 0.482. The Bertz CT molecular complexity index is 841. The summed E-state index contributed by atoms with van der Waals surface area (Å²) in [6, 6.07) is 17.3. The third-order valence-electron chi connectivity index (χ3n) is 3.52. The number of anilines is 1. The minimum absolute atomic E-state index is 0.0860. The van der Waals surface area contributed by atoms with Crippen LogP contribution in [0.4, 0.5) is 11.4 Å². The van der Waals surface area contributed by atoms with Gasteiger partial charge in [-0.1, -0.05) is 62.4 Å². The van der Waals surface area contributed by atoms with Crippen molar-refractivity contribution in [2.45, 2.75) is 20.5 Å². The molecular formula is C21H27N3O4. The van der Waals surface area contributed by atoms with E-state index in [9.17, 15) is 10.1 Å². The number of benzene rings is 2. The van der Waals surface area contributed by atoms with Gasteiger partial charge in [-0.05, 0) is 11.6 Å². The van der Waals surface area contributed by atoms with Crippen molar-refractivity contribution in [2.24, 2.45) is 0 Å². The maximum absolute atomic E-state index is 10.9. The molecule has 0 amide bonds. The molecule has 0 aliphatic rings. The Morgan fingerprint density at radius 2 is 1.75 bits per heavy atom. The third-order valence-corrected chi connectivity index (χ3v) is 3.52. The fraction of sp³-hybridized carbons (Fsp3) is 0.286. The highest BCUT2D eigenvalue weighted by molar-refractivity contribution is 5.95. The van der Waals surface area contributed by atoms with Crippen LogP contribution in [-0.2, 0) is 11.3 Å². The second-order valence-electron chi connectivity index (χ2n) is 5.36. The number of hydrogen-bond acceptors (Lipinski definition) is 6. The van der Waals surface area contributed by atoms with Gasteiger partial charge in [-0.3, -0.25) is 10.1 Å². The number of hydrogen-bond donors (Lipinski definition) is 2. The first-order valence-electron chi connectivity index (χ1n) is 9.07. The molecule has 150 valence electrons. The average Bonchev–Trinajstić information content (AvgIpc) is 2.74. The average molecular weight is 385 g/mol. The number of aliphatic hydroxyl groups excluding tert-OH is 1. The predicted molar refractivity (Wildman–Crippen MR) is 112 cm³/mol. The van der Waals surface area contributed by atoms with Gasteiger partial charge in [-0.25, -0.2) is 4.98 Å². The highest BCUT2D eigenvalue weighted by Crippen LogP contribution is 2.30. The van der Waals surface area contributed by atoms with Crippen molar-refractivity contribution in [1.29, 1.82) is 0 Å².